The molecule has 0 radical (unpaired) electrons. The summed E-state index contributed by atoms with van der Waals surface area (Å²) in [7, 11) is 0. The molecule has 0 aliphatic heterocycles. The molecule has 0 spiro atoms. The van der Waals surface area contributed by atoms with E-state index >= 15 is 0 Å². The molecule has 2 aromatic carbocycles. The van der Waals surface area contributed by atoms with Gasteiger partial charge in [0.05, 0.1) is 27.8 Å². The number of benzene rings is 2. The van der Waals surface area contributed by atoms with Gasteiger partial charge < -0.3 is 14.8 Å². The SMILES string of the molecule is Cc1ccc2c(n1)c1c(C(N)=O)cc(-c3c(C)noc3C)cc1n2Cc1ccccc1. The van der Waals surface area contributed by atoms with Crippen LogP contribution in [-0.4, -0.2) is 20.6 Å². The van der Waals surface area contributed by atoms with Crippen molar-refractivity contribution in [2.45, 2.75) is 27.3 Å². The van der Waals surface area contributed by atoms with Gasteiger partial charge in [-0.25, -0.2) is 0 Å². The van der Waals surface area contributed by atoms with E-state index in [1.165, 1.54) is 0 Å². The Balaban J connectivity index is 1.90. The van der Waals surface area contributed by atoms with E-state index < -0.39 is 5.91 Å². The van der Waals surface area contributed by atoms with Gasteiger partial charge in [-0.15, -0.1) is 0 Å². The fourth-order valence-electron chi connectivity index (χ4n) is 4.34. The van der Waals surface area contributed by atoms with Crippen LogP contribution in [0.15, 0.2) is 59.1 Å². The number of aromatic nitrogens is 3. The van der Waals surface area contributed by atoms with Gasteiger partial charge in [0.1, 0.15) is 5.76 Å². The fourth-order valence-corrected chi connectivity index (χ4v) is 4.34. The molecule has 0 fully saturated rings. The number of carbonyl (C=O) groups is 1. The van der Waals surface area contributed by atoms with Crippen LogP contribution in [0, 0.1) is 20.8 Å². The molecule has 0 saturated carbocycles. The highest BCUT2D eigenvalue weighted by Crippen LogP contribution is 2.37. The summed E-state index contributed by atoms with van der Waals surface area (Å²) in [6.45, 7) is 6.36. The number of nitrogens with zero attached hydrogens (tertiary/aromatic N) is 3. The zero-order chi connectivity index (χ0) is 21.7. The van der Waals surface area contributed by atoms with E-state index in [1.54, 1.807) is 0 Å². The highest BCUT2D eigenvalue weighted by atomic mass is 16.5. The second kappa shape index (κ2) is 7.09. The fraction of sp³-hybridized carbons (Fsp3) is 0.160. The van der Waals surface area contributed by atoms with Crippen molar-refractivity contribution in [3.63, 3.8) is 0 Å². The number of rotatable bonds is 4. The Morgan fingerprint density at radius 1 is 1.03 bits per heavy atom. The van der Waals surface area contributed by atoms with E-state index in [0.29, 0.717) is 17.9 Å². The molecule has 6 heteroatoms. The first-order valence-corrected chi connectivity index (χ1v) is 10.1. The largest absolute Gasteiger partial charge is 0.366 e. The summed E-state index contributed by atoms with van der Waals surface area (Å²) in [5, 5.41) is 4.86. The molecule has 3 aromatic heterocycles. The summed E-state index contributed by atoms with van der Waals surface area (Å²) in [6.07, 6.45) is 0. The van der Waals surface area contributed by atoms with Gasteiger partial charge in [-0.3, -0.25) is 9.78 Å². The molecule has 5 rings (SSSR count). The number of hydrogen-bond donors (Lipinski definition) is 1. The maximum atomic E-state index is 12.5. The van der Waals surface area contributed by atoms with Crippen LogP contribution >= 0.6 is 0 Å². The smallest absolute Gasteiger partial charge is 0.249 e. The lowest BCUT2D eigenvalue weighted by Gasteiger charge is -2.10. The third kappa shape index (κ3) is 3.08. The molecule has 31 heavy (non-hydrogen) atoms. The summed E-state index contributed by atoms with van der Waals surface area (Å²) in [6, 6.07) is 18.2. The molecule has 3 heterocycles. The Hall–Kier alpha value is -3.93. The van der Waals surface area contributed by atoms with E-state index in [9.17, 15) is 4.79 Å². The van der Waals surface area contributed by atoms with Gasteiger partial charge in [0, 0.05) is 23.2 Å². The van der Waals surface area contributed by atoms with Gasteiger partial charge in [0.25, 0.3) is 0 Å². The Bertz CT molecular complexity index is 1440. The van der Waals surface area contributed by atoms with Crippen LogP contribution < -0.4 is 5.73 Å². The van der Waals surface area contributed by atoms with E-state index in [4.69, 9.17) is 15.2 Å². The third-order valence-electron chi connectivity index (χ3n) is 5.72. The van der Waals surface area contributed by atoms with E-state index in [2.05, 4.69) is 34.0 Å². The van der Waals surface area contributed by atoms with Crippen molar-refractivity contribution in [2.24, 2.45) is 5.73 Å². The van der Waals surface area contributed by atoms with Crippen LogP contribution in [0.1, 0.15) is 33.1 Å². The van der Waals surface area contributed by atoms with Crippen molar-refractivity contribution < 1.29 is 9.32 Å². The lowest BCUT2D eigenvalue weighted by atomic mass is 9.98. The number of carbonyl (C=O) groups excluding carboxylic acids is 1. The minimum absolute atomic E-state index is 0.447. The molecule has 0 bridgehead atoms. The van der Waals surface area contributed by atoms with Crippen molar-refractivity contribution in [1.82, 2.24) is 14.7 Å². The van der Waals surface area contributed by atoms with Crippen LogP contribution in [-0.2, 0) is 6.54 Å². The quantitative estimate of drug-likeness (QED) is 0.456. The Morgan fingerprint density at radius 2 is 1.81 bits per heavy atom. The molecular weight excluding hydrogens is 388 g/mol. The van der Waals surface area contributed by atoms with Gasteiger partial charge >= 0.3 is 0 Å². The molecule has 6 nitrogen and oxygen atoms in total. The highest BCUT2D eigenvalue weighted by molar-refractivity contribution is 6.17. The lowest BCUT2D eigenvalue weighted by Crippen LogP contribution is -2.12. The molecular formula is C25H22N4O2. The Labute approximate surface area is 179 Å². The number of aryl methyl sites for hydroxylation is 3. The van der Waals surface area contributed by atoms with Gasteiger partial charge in [-0.1, -0.05) is 35.5 Å². The number of hydrogen-bond acceptors (Lipinski definition) is 4. The first kappa shape index (κ1) is 19.1. The lowest BCUT2D eigenvalue weighted by molar-refractivity contribution is 0.100. The molecule has 5 aromatic rings. The predicted molar refractivity (Wildman–Crippen MR) is 121 cm³/mol. The predicted octanol–water partition coefficient (Wildman–Crippen LogP) is 4.92. The Kier molecular flexibility index (Phi) is 4.36. The standard InChI is InChI=1S/C25H22N4O2/c1-14-9-10-20-24(27-14)23-19(25(26)30)11-18(22-15(2)28-31-16(22)3)12-21(23)29(20)13-17-7-5-4-6-8-17/h4-12H,13H2,1-3H3,(H2,26,30). The van der Waals surface area contributed by atoms with Gasteiger partial charge in [0.15, 0.2) is 0 Å². The van der Waals surface area contributed by atoms with Crippen molar-refractivity contribution in [3.05, 3.63) is 82.9 Å². The average molecular weight is 410 g/mol. The molecule has 1 amide bonds. The maximum Gasteiger partial charge on any atom is 0.249 e. The van der Waals surface area contributed by atoms with Crippen molar-refractivity contribution in [2.75, 3.05) is 0 Å². The summed E-state index contributed by atoms with van der Waals surface area (Å²) in [4.78, 5) is 17.3. The van der Waals surface area contributed by atoms with E-state index in [-0.39, 0.29) is 0 Å². The van der Waals surface area contributed by atoms with Crippen molar-refractivity contribution in [1.29, 1.82) is 0 Å². The highest BCUT2D eigenvalue weighted by Gasteiger charge is 2.22. The van der Waals surface area contributed by atoms with Gasteiger partial charge in [0.2, 0.25) is 5.91 Å². The average Bonchev–Trinajstić information content (AvgIpc) is 3.24. The zero-order valence-electron chi connectivity index (χ0n) is 17.6. The molecule has 0 atom stereocenters. The molecule has 0 saturated heterocycles. The summed E-state index contributed by atoms with van der Waals surface area (Å²) in [5.41, 5.74) is 13.5. The Morgan fingerprint density at radius 3 is 2.48 bits per heavy atom. The molecule has 0 unspecified atom stereocenters. The number of nitrogens with two attached hydrogens (primary N) is 1. The van der Waals surface area contributed by atoms with Crippen LogP contribution in [0.2, 0.25) is 0 Å². The van der Waals surface area contributed by atoms with Crippen molar-refractivity contribution >= 4 is 27.8 Å². The van der Waals surface area contributed by atoms with Crippen molar-refractivity contribution in [3.8, 4) is 11.1 Å². The van der Waals surface area contributed by atoms with E-state index in [1.807, 2.05) is 51.1 Å². The van der Waals surface area contributed by atoms with E-state index in [0.717, 1.165) is 50.0 Å². The van der Waals surface area contributed by atoms with Crippen LogP contribution in [0.25, 0.3) is 33.1 Å². The summed E-state index contributed by atoms with van der Waals surface area (Å²) < 4.78 is 7.57. The van der Waals surface area contributed by atoms with Gasteiger partial charge in [-0.2, -0.15) is 0 Å². The minimum atomic E-state index is -0.485. The molecule has 0 aliphatic carbocycles. The number of primary amides is 1. The summed E-state index contributed by atoms with van der Waals surface area (Å²) in [5.74, 6) is 0.215. The summed E-state index contributed by atoms with van der Waals surface area (Å²) >= 11 is 0. The van der Waals surface area contributed by atoms with Crippen LogP contribution in [0.4, 0.5) is 0 Å². The second-order valence-electron chi connectivity index (χ2n) is 7.87. The minimum Gasteiger partial charge on any atom is -0.366 e. The number of pyridine rings is 1. The first-order valence-electron chi connectivity index (χ1n) is 10.1. The molecule has 154 valence electrons. The monoisotopic (exact) mass is 410 g/mol. The van der Waals surface area contributed by atoms with Gasteiger partial charge in [-0.05, 0) is 56.2 Å². The normalized spacial score (nSPS) is 11.5. The first-order chi connectivity index (χ1) is 14.9. The molecule has 2 N–H and O–H groups in total. The third-order valence-corrected chi connectivity index (χ3v) is 5.72. The number of fused-ring (bicyclic) bond motifs is 3. The van der Waals surface area contributed by atoms with Crippen LogP contribution in [0.5, 0.6) is 0 Å². The molecule has 0 aliphatic rings. The second-order valence-corrected chi connectivity index (χ2v) is 7.87. The van der Waals surface area contributed by atoms with Crippen LogP contribution in [0.3, 0.4) is 0 Å². The maximum absolute atomic E-state index is 12.5. The topological polar surface area (TPSA) is 86.9 Å². The number of amides is 1. The zero-order valence-corrected chi connectivity index (χ0v) is 17.6.